The number of rotatable bonds is 10. The number of ketones is 2. The van der Waals surface area contributed by atoms with Crippen LogP contribution in [-0.2, 0) is 55.9 Å². The molecule has 6 aliphatic carbocycles. The van der Waals surface area contributed by atoms with Gasteiger partial charge in [0.1, 0.15) is 35.6 Å². The van der Waals surface area contributed by atoms with Gasteiger partial charge in [-0.3, -0.25) is 43.7 Å². The molecule has 2 atom stereocenters. The van der Waals surface area contributed by atoms with Crippen molar-refractivity contribution in [2.45, 2.75) is 202 Å². The van der Waals surface area contributed by atoms with Crippen molar-refractivity contribution in [2.24, 2.45) is 63.2 Å². The number of benzene rings is 4. The van der Waals surface area contributed by atoms with Gasteiger partial charge in [0, 0.05) is 59.0 Å². The fraction of sp³-hybridized carbons (Fsp3) is 0.551. The molecule has 3 radical (unpaired) electrons. The van der Waals surface area contributed by atoms with Gasteiger partial charge in [0.25, 0.3) is 0 Å². The van der Waals surface area contributed by atoms with Gasteiger partial charge >= 0.3 is 122 Å². The molecule has 102 heavy (non-hydrogen) atoms. The van der Waals surface area contributed by atoms with Crippen LogP contribution in [0.1, 0.15) is 214 Å². The second kappa shape index (κ2) is 44.4. The second-order valence-electron chi connectivity index (χ2n) is 29.1. The van der Waals surface area contributed by atoms with E-state index >= 15 is 0 Å². The van der Waals surface area contributed by atoms with Crippen molar-refractivity contribution in [3.05, 3.63) is 149 Å². The van der Waals surface area contributed by atoms with Crippen LogP contribution in [0.15, 0.2) is 97.1 Å². The zero-order valence-electron chi connectivity index (χ0n) is 63.4. The first kappa shape index (κ1) is 98.0. The summed E-state index contributed by atoms with van der Waals surface area (Å²) in [6, 6.07) is 29.2. The molecule has 6 saturated carbocycles. The molecule has 24 heteroatoms. The molecule has 0 bridgehead atoms. The Labute approximate surface area is 703 Å². The summed E-state index contributed by atoms with van der Waals surface area (Å²) in [7, 11) is 1.37. The number of terminal acetylenes is 1. The van der Waals surface area contributed by atoms with E-state index in [0.29, 0.717) is 67.6 Å². The van der Waals surface area contributed by atoms with E-state index in [-0.39, 0.29) is 222 Å². The normalized spacial score (nSPS) is 27.9. The van der Waals surface area contributed by atoms with E-state index in [0.717, 1.165) is 113 Å². The van der Waals surface area contributed by atoms with Crippen LogP contribution in [0, 0.1) is 88.0 Å². The summed E-state index contributed by atoms with van der Waals surface area (Å²) in [5.74, 6) is 2.61. The van der Waals surface area contributed by atoms with Crippen molar-refractivity contribution in [1.82, 2.24) is 15.1 Å². The molecule has 7 N–H and O–H groups in total. The molecule has 3 heterocycles. The number of aliphatic carboxylic acids is 1. The monoisotopic (exact) mass is 1470 g/mol. The molecule has 4 amide bonds. The summed E-state index contributed by atoms with van der Waals surface area (Å²) >= 11 is 0. The number of carboxylic acids is 1. The number of nitrogens with two attached hydrogens (primary N) is 2. The van der Waals surface area contributed by atoms with Gasteiger partial charge in [0.2, 0.25) is 23.6 Å². The van der Waals surface area contributed by atoms with Gasteiger partial charge in [0.05, 0.1) is 24.6 Å². The predicted molar refractivity (Wildman–Crippen MR) is 382 cm³/mol. The number of methoxy groups -OCH3 is 1. The zero-order chi connectivity index (χ0) is 71.1. The van der Waals surface area contributed by atoms with Gasteiger partial charge in [-0.1, -0.05) is 129 Å². The molecule has 3 aliphatic heterocycles. The maximum Gasteiger partial charge on any atom is 1.00 e. The minimum atomic E-state index is -0.889. The van der Waals surface area contributed by atoms with Crippen molar-refractivity contribution in [3.8, 4) is 12.8 Å². The Bertz CT molecular complexity index is 3490. The molecule has 4 aromatic carbocycles. The number of Topliss-reactive ketones (excluding diaryl/α,β-unsaturated/α-hetero) is 2. The van der Waals surface area contributed by atoms with Crippen LogP contribution in [0.5, 0.6) is 0 Å². The molecule has 541 valence electrons. The number of carbonyl (C=O) groups excluding carboxylic acids is 7. The number of amides is 4. The minimum Gasteiger partial charge on any atom is -1.00 e. The number of carboxylic acid groups (broad SMARTS) is 1. The summed E-state index contributed by atoms with van der Waals surface area (Å²) in [5.41, 5.74) is 15.6. The Kier molecular flexibility index (Phi) is 42.6. The van der Waals surface area contributed by atoms with Crippen molar-refractivity contribution in [1.29, 1.82) is 5.26 Å². The number of imide groups is 1. The van der Waals surface area contributed by atoms with Crippen molar-refractivity contribution in [2.75, 3.05) is 20.2 Å². The van der Waals surface area contributed by atoms with Crippen LogP contribution in [0.4, 0.5) is 8.78 Å². The van der Waals surface area contributed by atoms with Crippen LogP contribution in [0.2, 0.25) is 0 Å². The third kappa shape index (κ3) is 25.1. The minimum absolute atomic E-state index is 0. The molecule has 1 spiro atoms. The first-order valence-corrected chi connectivity index (χ1v) is 33.5. The molecule has 9 aliphatic rings. The number of ether oxygens (including phenoxy) is 1. The van der Waals surface area contributed by atoms with E-state index in [4.69, 9.17) is 29.8 Å². The van der Waals surface area contributed by atoms with Gasteiger partial charge in [-0.25, -0.2) is 8.78 Å². The number of nitrogens with zero attached hydrogens (tertiary/aromatic N) is 3. The quantitative estimate of drug-likeness (QED) is 0.0572. The Balaban J connectivity index is -0.00000123. The topological polar surface area (TPSA) is 290 Å². The van der Waals surface area contributed by atoms with Crippen LogP contribution in [0.3, 0.4) is 0 Å². The third-order valence-corrected chi connectivity index (χ3v) is 20.9. The Morgan fingerprint density at radius 2 is 1.04 bits per heavy atom. The summed E-state index contributed by atoms with van der Waals surface area (Å²) in [5, 5.41) is 17.1. The average molecular weight is 1470 g/mol. The van der Waals surface area contributed by atoms with E-state index in [1.165, 1.54) is 54.5 Å². The maximum absolute atomic E-state index is 13.5. The van der Waals surface area contributed by atoms with Crippen molar-refractivity contribution >= 4 is 68.0 Å². The molecule has 7 fully saturated rings. The summed E-state index contributed by atoms with van der Waals surface area (Å²) in [4.78, 5) is 96.4. The van der Waals surface area contributed by atoms with Crippen LogP contribution in [-0.4, -0.2) is 107 Å². The molecular weight excluding hydrogens is 1370 g/mol. The maximum atomic E-state index is 13.5. The van der Waals surface area contributed by atoms with Crippen molar-refractivity contribution in [3.63, 3.8) is 0 Å². The molecule has 0 aromatic heterocycles. The smallest absolute Gasteiger partial charge is 1.00 e. The van der Waals surface area contributed by atoms with Crippen LogP contribution < -0.4 is 127 Å². The Morgan fingerprint density at radius 1 is 0.667 bits per heavy atom. The predicted octanol–water partition coefficient (Wildman–Crippen LogP) is 4.10. The first-order chi connectivity index (χ1) is 45.4. The number of fused-ring (bicyclic) bond motifs is 2. The number of nitrogens with one attached hydrogen (secondary N) is 1. The van der Waals surface area contributed by atoms with E-state index in [1.807, 2.05) is 47.1 Å². The Hall–Kier alpha value is -3.98. The van der Waals surface area contributed by atoms with E-state index in [1.54, 1.807) is 19.1 Å². The fourth-order valence-corrected chi connectivity index (χ4v) is 16.2. The molecule has 4 aromatic rings. The number of hydrogen-bond donors (Lipinski definition) is 4. The second-order valence-corrected chi connectivity index (χ2v) is 29.1. The largest absolute Gasteiger partial charge is 1.00 e. The fourth-order valence-electron chi connectivity index (χ4n) is 16.2. The average Bonchev–Trinajstić information content (AvgIpc) is 1.25. The number of esters is 1. The third-order valence-electron chi connectivity index (χ3n) is 20.9. The van der Waals surface area contributed by atoms with Crippen molar-refractivity contribution < 1.29 is 176 Å². The zero-order valence-corrected chi connectivity index (χ0v) is 69.3. The standard InChI is InChI=1S/C24H26FNO2.C24H28FNO.C8H11NO2.C7H13NO2.C6H11NO2.C5H8O.C2H2.CN.CH4.B.ClH.K.2Na.H2O.H/c1-16-13-24(14-16,17(2)27)15-22(28)26-12-11-18-5-3-4-6-21(18)23(26)19-7-9-20(25)10-8-19;1-3-24(14-17(2)15-24)16-22(27)26-13-12-18-6-4-5-7-21(18)23(26)19-8-10-20(25)11-9-19;1-5-2-8(3-5)4-6(10)9-7(8)11;1-5-3-7(8,4-5)6(9)10-2;1-4-2-6(7,3-4)5(8)9;1-4-2-5(6)3-4;2*1-2;;;;;;;;/h3-10,16,23H,11-15H2,1-2H3;4-11,17,23H,3,12-16H2,1-2H3;5H,2-4H2,1H3,(H,9,10,11);5H,3-4,8H2,1-2H3;4H,2-3,7H2,1H3,(H,8,9);4H,2-3H2,1H3;1-2H;;1H4;;1H;;;;1H2;/q;;;;;;;-1;;;;3*+1;;-1/p-1/t16?,23-,24?;17?,23-,24?;;;;;;;;;;;;;;/m00............../s1/i;;;;;;1D;;;;;;;;;. The number of carbonyl (C=O) groups is 8. The number of hydrogen-bond acceptors (Lipinski definition) is 13. The van der Waals surface area contributed by atoms with E-state index < -0.39 is 22.5 Å². The van der Waals surface area contributed by atoms with Gasteiger partial charge < -0.3 is 49.8 Å². The summed E-state index contributed by atoms with van der Waals surface area (Å²) in [6.07, 6.45) is 20.0. The SMILES string of the molecule is C.CC(=O)C1(CC(=O)N2CCc3ccccc3[C@@H]2c2ccc(F)cc2)CC(C)C1.CC1CC(=O)C1.CC1CC(N)(C(=O)O)C1.CC1CC2(CC(=O)NC2=O)C1.CCC1(CC(=O)N2CCc3ccccc3[C@@H]2c2ccc(F)cc2)CC(C)C1.COC(=O)C1(N)CC(C)C1.Cl.[2H]C#C.[B].[C-]#N.[H-].[K+].[Na+].[Na+].[OH-]. The van der Waals surface area contributed by atoms with Gasteiger partial charge in [-0.05, 0) is 189 Å². The van der Waals surface area contributed by atoms with E-state index in [2.05, 4.69) is 88.4 Å². The van der Waals surface area contributed by atoms with Crippen LogP contribution in [0.25, 0.3) is 0 Å². The van der Waals surface area contributed by atoms with Gasteiger partial charge in [0.15, 0.2) is 0 Å². The van der Waals surface area contributed by atoms with Crippen LogP contribution >= 0.6 is 12.4 Å². The van der Waals surface area contributed by atoms with Gasteiger partial charge in [-0.2, -0.15) is 0 Å². The molecule has 1 saturated heterocycles. The molecular formula is C78H106BClF2KN6Na2O11. The molecule has 17 nitrogen and oxygen atoms in total. The molecule has 13 rings (SSSR count). The summed E-state index contributed by atoms with van der Waals surface area (Å²) < 4.78 is 37.2. The van der Waals surface area contributed by atoms with Gasteiger partial charge in [-0.15, -0.1) is 25.2 Å². The Morgan fingerprint density at radius 3 is 1.33 bits per heavy atom. The summed E-state index contributed by atoms with van der Waals surface area (Å²) in [6.45, 7) is 22.6. The first-order valence-electron chi connectivity index (χ1n) is 34.0. The van der Waals surface area contributed by atoms with E-state index in [9.17, 15) is 47.1 Å². The number of halogens is 3. The molecule has 0 unspecified atom stereocenters.